The molecule has 1 aromatic carbocycles. The SMILES string of the molecule is CCN1C(=O)C(C)(C)c2cc3[nH]c4c(c3cc21)CCCc1c-4n[nH]c1C.O=CO. The third-order valence-electron chi connectivity index (χ3n) is 6.25. The van der Waals surface area contributed by atoms with Gasteiger partial charge in [-0.15, -0.1) is 0 Å². The molecule has 1 aliphatic heterocycles. The predicted molar refractivity (Wildman–Crippen MR) is 112 cm³/mol. The molecule has 2 aliphatic rings. The monoisotopic (exact) mass is 394 g/mol. The Morgan fingerprint density at radius 2 is 1.97 bits per heavy atom. The Hall–Kier alpha value is -3.09. The third kappa shape index (κ3) is 2.68. The van der Waals surface area contributed by atoms with Crippen LogP contribution in [-0.2, 0) is 27.8 Å². The number of rotatable bonds is 1. The summed E-state index contributed by atoms with van der Waals surface area (Å²) in [7, 11) is 0. The first-order chi connectivity index (χ1) is 13.8. The summed E-state index contributed by atoms with van der Waals surface area (Å²) in [6.07, 6.45) is 3.21. The van der Waals surface area contributed by atoms with Gasteiger partial charge < -0.3 is 15.0 Å². The largest absolute Gasteiger partial charge is 0.483 e. The molecule has 5 rings (SSSR count). The van der Waals surface area contributed by atoms with E-state index < -0.39 is 5.41 Å². The molecule has 0 saturated carbocycles. The highest BCUT2D eigenvalue weighted by Gasteiger charge is 2.43. The van der Waals surface area contributed by atoms with Gasteiger partial charge in [-0.05, 0) is 70.2 Å². The Morgan fingerprint density at radius 1 is 1.28 bits per heavy atom. The van der Waals surface area contributed by atoms with Crippen LogP contribution in [-0.4, -0.2) is 39.2 Å². The quantitative estimate of drug-likeness (QED) is 0.548. The van der Waals surface area contributed by atoms with Crippen molar-refractivity contribution in [3.05, 3.63) is 34.5 Å². The zero-order valence-corrected chi connectivity index (χ0v) is 17.2. The molecule has 0 saturated heterocycles. The average Bonchev–Trinajstić information content (AvgIpc) is 3.22. The summed E-state index contributed by atoms with van der Waals surface area (Å²) in [5, 5.41) is 15.9. The molecule has 0 atom stereocenters. The van der Waals surface area contributed by atoms with E-state index in [9.17, 15) is 4.79 Å². The van der Waals surface area contributed by atoms with E-state index in [1.54, 1.807) is 0 Å². The maximum atomic E-state index is 12.8. The zero-order chi connectivity index (χ0) is 20.9. The van der Waals surface area contributed by atoms with Gasteiger partial charge >= 0.3 is 0 Å². The molecule has 0 unspecified atom stereocenters. The summed E-state index contributed by atoms with van der Waals surface area (Å²) in [5.41, 5.74) is 8.86. The van der Waals surface area contributed by atoms with Crippen LogP contribution in [0.2, 0.25) is 0 Å². The van der Waals surface area contributed by atoms with Crippen LogP contribution in [0.3, 0.4) is 0 Å². The van der Waals surface area contributed by atoms with E-state index >= 15 is 0 Å². The highest BCUT2D eigenvalue weighted by molar-refractivity contribution is 6.10. The van der Waals surface area contributed by atoms with E-state index in [1.807, 2.05) is 25.7 Å². The number of fused-ring (bicyclic) bond motifs is 6. The van der Waals surface area contributed by atoms with Crippen LogP contribution in [0.5, 0.6) is 0 Å². The molecular formula is C22H26N4O3. The fourth-order valence-corrected chi connectivity index (χ4v) is 4.75. The van der Waals surface area contributed by atoms with Crippen molar-refractivity contribution in [3.63, 3.8) is 0 Å². The Balaban J connectivity index is 0.000000645. The lowest BCUT2D eigenvalue weighted by atomic mass is 9.85. The number of aryl methyl sites for hydroxylation is 2. The van der Waals surface area contributed by atoms with Crippen molar-refractivity contribution in [2.45, 2.75) is 52.4 Å². The van der Waals surface area contributed by atoms with Gasteiger partial charge in [-0.25, -0.2) is 0 Å². The van der Waals surface area contributed by atoms with Gasteiger partial charge in [-0.2, -0.15) is 5.10 Å². The van der Waals surface area contributed by atoms with Gasteiger partial charge in [0.2, 0.25) is 5.91 Å². The number of H-pyrrole nitrogens is 2. The van der Waals surface area contributed by atoms with E-state index in [-0.39, 0.29) is 12.4 Å². The number of carboxylic acid groups (broad SMARTS) is 1. The van der Waals surface area contributed by atoms with Crippen molar-refractivity contribution in [2.75, 3.05) is 11.4 Å². The fraction of sp³-hybridized carbons (Fsp3) is 0.409. The number of benzene rings is 1. The molecule has 1 amide bonds. The molecule has 3 aromatic rings. The Bertz CT molecular complexity index is 1120. The summed E-state index contributed by atoms with van der Waals surface area (Å²) in [4.78, 5) is 26.7. The fourth-order valence-electron chi connectivity index (χ4n) is 4.75. The van der Waals surface area contributed by atoms with Gasteiger partial charge in [0.15, 0.2) is 0 Å². The van der Waals surface area contributed by atoms with Gasteiger partial charge in [0.05, 0.1) is 11.1 Å². The number of hydrogen-bond acceptors (Lipinski definition) is 3. The minimum atomic E-state index is -0.476. The number of likely N-dealkylation sites (N-methyl/N-ethyl adjacent to an activating group) is 1. The summed E-state index contributed by atoms with van der Waals surface area (Å²) in [6.45, 7) is 8.65. The number of amides is 1. The molecule has 7 nitrogen and oxygen atoms in total. The maximum Gasteiger partial charge on any atom is 0.290 e. The van der Waals surface area contributed by atoms with Crippen LogP contribution >= 0.6 is 0 Å². The Morgan fingerprint density at radius 3 is 2.66 bits per heavy atom. The van der Waals surface area contributed by atoms with E-state index in [1.165, 1.54) is 16.5 Å². The Labute approximate surface area is 169 Å². The lowest BCUT2D eigenvalue weighted by Gasteiger charge is -2.18. The number of nitrogens with one attached hydrogen (secondary N) is 2. The molecule has 3 heterocycles. The average molecular weight is 394 g/mol. The van der Waals surface area contributed by atoms with Gasteiger partial charge in [0, 0.05) is 34.4 Å². The van der Waals surface area contributed by atoms with Crippen molar-refractivity contribution < 1.29 is 14.7 Å². The van der Waals surface area contributed by atoms with Crippen molar-refractivity contribution in [2.24, 2.45) is 0 Å². The van der Waals surface area contributed by atoms with Crippen molar-refractivity contribution in [1.82, 2.24) is 15.2 Å². The van der Waals surface area contributed by atoms with Crippen molar-refractivity contribution >= 4 is 29.0 Å². The highest BCUT2D eigenvalue weighted by Crippen LogP contribution is 2.45. The third-order valence-corrected chi connectivity index (χ3v) is 6.25. The molecule has 3 N–H and O–H groups in total. The predicted octanol–water partition coefficient (Wildman–Crippen LogP) is 3.70. The topological polar surface area (TPSA) is 102 Å². The number of anilines is 1. The lowest BCUT2D eigenvalue weighted by Crippen LogP contribution is -2.35. The molecule has 152 valence electrons. The van der Waals surface area contributed by atoms with E-state index in [4.69, 9.17) is 9.90 Å². The molecule has 0 bridgehead atoms. The molecule has 0 fully saturated rings. The first-order valence-corrected chi connectivity index (χ1v) is 9.98. The van der Waals surface area contributed by atoms with Gasteiger partial charge in [0.1, 0.15) is 5.69 Å². The number of carbonyl (C=O) groups is 2. The van der Waals surface area contributed by atoms with Crippen LogP contribution in [0.15, 0.2) is 12.1 Å². The lowest BCUT2D eigenvalue weighted by molar-refractivity contribution is -0.123. The molecule has 29 heavy (non-hydrogen) atoms. The van der Waals surface area contributed by atoms with E-state index in [2.05, 4.69) is 34.2 Å². The Kier molecular flexibility index (Phi) is 4.48. The normalized spacial score (nSPS) is 16.6. The highest BCUT2D eigenvalue weighted by atomic mass is 16.3. The second kappa shape index (κ2) is 6.76. The summed E-state index contributed by atoms with van der Waals surface area (Å²) in [5.74, 6) is 0.193. The molecule has 7 heteroatoms. The molecule has 0 radical (unpaired) electrons. The standard InChI is InChI=1S/C21H24N4O.CH2O2/c1-5-25-17-9-14-13-8-6-7-12-11(2)23-24-19(12)18(13)22-16(14)10-15(17)21(3,4)20(25)26;2-1-3/h9-10,22H,5-8H2,1-4H3,(H,23,24);1H,(H,2,3). The van der Waals surface area contributed by atoms with Crippen LogP contribution in [0.25, 0.3) is 22.3 Å². The van der Waals surface area contributed by atoms with Crippen molar-refractivity contribution in [3.8, 4) is 11.4 Å². The zero-order valence-electron chi connectivity index (χ0n) is 17.2. The first kappa shape index (κ1) is 19.2. The molecule has 2 aromatic heterocycles. The van der Waals surface area contributed by atoms with E-state index in [0.29, 0.717) is 6.54 Å². The smallest absolute Gasteiger partial charge is 0.290 e. The summed E-state index contributed by atoms with van der Waals surface area (Å²) < 4.78 is 0. The van der Waals surface area contributed by atoms with Crippen LogP contribution in [0, 0.1) is 6.92 Å². The second-order valence-electron chi connectivity index (χ2n) is 8.20. The summed E-state index contributed by atoms with van der Waals surface area (Å²) in [6, 6.07) is 4.41. The molecule has 0 spiro atoms. The second-order valence-corrected chi connectivity index (χ2v) is 8.20. The van der Waals surface area contributed by atoms with E-state index in [0.717, 1.165) is 53.1 Å². The van der Waals surface area contributed by atoms with Crippen LogP contribution in [0.1, 0.15) is 49.6 Å². The number of hydrogen-bond donors (Lipinski definition) is 3. The van der Waals surface area contributed by atoms with Crippen LogP contribution < -0.4 is 4.90 Å². The minimum absolute atomic E-state index is 0.193. The summed E-state index contributed by atoms with van der Waals surface area (Å²) >= 11 is 0. The number of aromatic nitrogens is 3. The number of nitrogens with zero attached hydrogens (tertiary/aromatic N) is 2. The molecular weight excluding hydrogens is 368 g/mol. The first-order valence-electron chi connectivity index (χ1n) is 9.98. The van der Waals surface area contributed by atoms with Gasteiger partial charge in [0.25, 0.3) is 6.47 Å². The molecule has 1 aliphatic carbocycles. The minimum Gasteiger partial charge on any atom is -0.483 e. The van der Waals surface area contributed by atoms with Crippen LogP contribution in [0.4, 0.5) is 5.69 Å². The van der Waals surface area contributed by atoms with Gasteiger partial charge in [-0.3, -0.25) is 14.7 Å². The van der Waals surface area contributed by atoms with Gasteiger partial charge in [-0.1, -0.05) is 0 Å². The number of aromatic amines is 2. The number of carbonyl (C=O) groups excluding carboxylic acids is 1. The maximum absolute atomic E-state index is 12.8. The van der Waals surface area contributed by atoms with Crippen molar-refractivity contribution in [1.29, 1.82) is 0 Å².